The lowest BCUT2D eigenvalue weighted by Crippen LogP contribution is -2.58. The van der Waals surface area contributed by atoms with Crippen molar-refractivity contribution in [1.82, 2.24) is 10.2 Å². The van der Waals surface area contributed by atoms with Gasteiger partial charge in [0.05, 0.1) is 0 Å². The van der Waals surface area contributed by atoms with Gasteiger partial charge in [0.1, 0.15) is 0 Å². The zero-order valence-corrected chi connectivity index (χ0v) is 9.18. The summed E-state index contributed by atoms with van der Waals surface area (Å²) in [6.45, 7) is 9.43. The molecule has 2 heterocycles. The number of likely N-dealkylation sites (tertiary alicyclic amines) is 1. The monoisotopic (exact) mass is 184 g/mol. The first kappa shape index (κ1) is 11.0. The van der Waals surface area contributed by atoms with Crippen LogP contribution in [0.25, 0.3) is 0 Å². The Morgan fingerprint density at radius 1 is 1.08 bits per heavy atom. The van der Waals surface area contributed by atoms with Crippen molar-refractivity contribution in [2.24, 2.45) is 0 Å². The molecule has 0 atom stereocenters. The minimum absolute atomic E-state index is 0.889. The number of hydrogen-bond donors (Lipinski definition) is 1. The summed E-state index contributed by atoms with van der Waals surface area (Å²) in [6, 6.07) is 0.889. The van der Waals surface area contributed by atoms with E-state index >= 15 is 0 Å². The molecule has 0 unspecified atom stereocenters. The summed E-state index contributed by atoms with van der Waals surface area (Å²) in [6.07, 6.45) is 5.56. The molecule has 0 radical (unpaired) electrons. The average molecular weight is 184 g/mol. The highest BCUT2D eigenvalue weighted by molar-refractivity contribution is 4.85. The standard InChI is InChI=1S/C8H16N2.C3H8/c1-2-4-10(5-3-1)8-6-9-7-8;1-3-2/h8-9H,1-7H2;3H2,1-2H3. The van der Waals surface area contributed by atoms with Gasteiger partial charge in [-0.25, -0.2) is 0 Å². The molecule has 13 heavy (non-hydrogen) atoms. The van der Waals surface area contributed by atoms with E-state index < -0.39 is 0 Å². The van der Waals surface area contributed by atoms with E-state index in [9.17, 15) is 0 Å². The van der Waals surface area contributed by atoms with Gasteiger partial charge in [-0.2, -0.15) is 0 Å². The van der Waals surface area contributed by atoms with Gasteiger partial charge >= 0.3 is 0 Å². The highest BCUT2D eigenvalue weighted by Crippen LogP contribution is 2.13. The van der Waals surface area contributed by atoms with E-state index in [0.29, 0.717) is 0 Å². The van der Waals surface area contributed by atoms with Gasteiger partial charge < -0.3 is 5.32 Å². The van der Waals surface area contributed by atoms with Crippen molar-refractivity contribution in [3.8, 4) is 0 Å². The Balaban J connectivity index is 0.000000251. The molecule has 2 heteroatoms. The summed E-state index contributed by atoms with van der Waals surface area (Å²) in [4.78, 5) is 2.64. The molecule has 0 aromatic rings. The summed E-state index contributed by atoms with van der Waals surface area (Å²) in [7, 11) is 0. The molecule has 0 aromatic carbocycles. The fourth-order valence-electron chi connectivity index (χ4n) is 1.82. The van der Waals surface area contributed by atoms with Gasteiger partial charge in [-0.1, -0.05) is 26.7 Å². The summed E-state index contributed by atoms with van der Waals surface area (Å²) < 4.78 is 0. The average Bonchev–Trinajstić information content (AvgIpc) is 2.04. The number of hydrogen-bond acceptors (Lipinski definition) is 2. The molecule has 2 aliphatic heterocycles. The van der Waals surface area contributed by atoms with Gasteiger partial charge in [0.15, 0.2) is 0 Å². The van der Waals surface area contributed by atoms with E-state index in [2.05, 4.69) is 24.1 Å². The molecule has 0 amide bonds. The molecular weight excluding hydrogens is 160 g/mol. The van der Waals surface area contributed by atoms with Crippen molar-refractivity contribution in [2.45, 2.75) is 45.6 Å². The SMILES string of the molecule is C1CCN(C2CNC2)CC1.CCC. The van der Waals surface area contributed by atoms with Crippen LogP contribution in [0, 0.1) is 0 Å². The first-order valence-electron chi connectivity index (χ1n) is 5.83. The predicted octanol–water partition coefficient (Wildman–Crippen LogP) is 1.86. The molecule has 1 N–H and O–H groups in total. The van der Waals surface area contributed by atoms with Crippen LogP contribution in [0.3, 0.4) is 0 Å². The topological polar surface area (TPSA) is 15.3 Å². The highest BCUT2D eigenvalue weighted by Gasteiger charge is 2.24. The molecule has 0 bridgehead atoms. The van der Waals surface area contributed by atoms with Crippen LogP contribution in [0.1, 0.15) is 39.5 Å². The van der Waals surface area contributed by atoms with Crippen LogP contribution in [0.4, 0.5) is 0 Å². The molecule has 2 rings (SSSR count). The van der Waals surface area contributed by atoms with Crippen LogP contribution in [-0.2, 0) is 0 Å². The fourth-order valence-corrected chi connectivity index (χ4v) is 1.82. The van der Waals surface area contributed by atoms with Crippen LogP contribution in [0.2, 0.25) is 0 Å². The van der Waals surface area contributed by atoms with Gasteiger partial charge in [-0.3, -0.25) is 4.90 Å². The van der Waals surface area contributed by atoms with Gasteiger partial charge in [-0.05, 0) is 25.9 Å². The second-order valence-electron chi connectivity index (χ2n) is 4.12. The van der Waals surface area contributed by atoms with Crippen LogP contribution in [-0.4, -0.2) is 37.1 Å². The molecule has 2 saturated heterocycles. The zero-order valence-electron chi connectivity index (χ0n) is 9.18. The van der Waals surface area contributed by atoms with Crippen LogP contribution in [0.5, 0.6) is 0 Å². The maximum atomic E-state index is 3.32. The third-order valence-electron chi connectivity index (χ3n) is 2.67. The Labute approximate surface area is 82.7 Å². The van der Waals surface area contributed by atoms with E-state index in [1.54, 1.807) is 0 Å². The maximum absolute atomic E-state index is 3.32. The van der Waals surface area contributed by atoms with E-state index in [0.717, 1.165) is 6.04 Å². The maximum Gasteiger partial charge on any atom is 0.0345 e. The first-order chi connectivity index (χ1) is 6.38. The Bertz CT molecular complexity index is 115. The first-order valence-corrected chi connectivity index (χ1v) is 5.83. The van der Waals surface area contributed by atoms with Gasteiger partial charge in [0.25, 0.3) is 0 Å². The number of piperidine rings is 1. The Kier molecular flexibility index (Phi) is 5.40. The van der Waals surface area contributed by atoms with E-state index in [-0.39, 0.29) is 0 Å². The molecule has 2 aliphatic rings. The normalized spacial score (nSPS) is 24.5. The van der Waals surface area contributed by atoms with Crippen LogP contribution >= 0.6 is 0 Å². The quantitative estimate of drug-likeness (QED) is 0.669. The van der Waals surface area contributed by atoms with E-state index in [4.69, 9.17) is 0 Å². The van der Waals surface area contributed by atoms with Gasteiger partial charge in [-0.15, -0.1) is 0 Å². The van der Waals surface area contributed by atoms with Crippen LogP contribution < -0.4 is 5.32 Å². The molecule has 0 aliphatic carbocycles. The molecule has 2 nitrogen and oxygen atoms in total. The fraction of sp³-hybridized carbons (Fsp3) is 1.00. The van der Waals surface area contributed by atoms with Crippen molar-refractivity contribution < 1.29 is 0 Å². The summed E-state index contributed by atoms with van der Waals surface area (Å²) in [5.74, 6) is 0. The number of nitrogens with zero attached hydrogens (tertiary/aromatic N) is 1. The Hall–Kier alpha value is -0.0800. The van der Waals surface area contributed by atoms with Crippen molar-refractivity contribution in [3.63, 3.8) is 0 Å². The van der Waals surface area contributed by atoms with Crippen LogP contribution in [0.15, 0.2) is 0 Å². The van der Waals surface area contributed by atoms with E-state index in [1.807, 2.05) is 0 Å². The lowest BCUT2D eigenvalue weighted by molar-refractivity contribution is 0.121. The lowest BCUT2D eigenvalue weighted by atomic mass is 10.1. The van der Waals surface area contributed by atoms with Crippen molar-refractivity contribution in [3.05, 3.63) is 0 Å². The molecular formula is C11H24N2. The largest absolute Gasteiger partial charge is 0.314 e. The second-order valence-corrected chi connectivity index (χ2v) is 4.12. The zero-order chi connectivity index (χ0) is 9.52. The third-order valence-corrected chi connectivity index (χ3v) is 2.67. The molecule has 78 valence electrons. The van der Waals surface area contributed by atoms with Crippen molar-refractivity contribution in [2.75, 3.05) is 26.2 Å². The van der Waals surface area contributed by atoms with Gasteiger partial charge in [0.2, 0.25) is 0 Å². The highest BCUT2D eigenvalue weighted by atomic mass is 15.2. The van der Waals surface area contributed by atoms with E-state index in [1.165, 1.54) is 51.9 Å². The third kappa shape index (κ3) is 3.65. The van der Waals surface area contributed by atoms with Crippen molar-refractivity contribution in [1.29, 1.82) is 0 Å². The van der Waals surface area contributed by atoms with Crippen molar-refractivity contribution >= 4 is 0 Å². The number of nitrogens with one attached hydrogen (secondary N) is 1. The van der Waals surface area contributed by atoms with Gasteiger partial charge in [0, 0.05) is 19.1 Å². The summed E-state index contributed by atoms with van der Waals surface area (Å²) in [5, 5.41) is 3.32. The predicted molar refractivity (Wildman–Crippen MR) is 58.0 cm³/mol. The Morgan fingerprint density at radius 3 is 2.00 bits per heavy atom. The summed E-state index contributed by atoms with van der Waals surface area (Å²) >= 11 is 0. The minimum Gasteiger partial charge on any atom is -0.314 e. The lowest BCUT2D eigenvalue weighted by Gasteiger charge is -2.40. The second kappa shape index (κ2) is 6.39. The summed E-state index contributed by atoms with van der Waals surface area (Å²) in [5.41, 5.74) is 0. The molecule has 0 saturated carbocycles. The molecule has 0 spiro atoms. The number of rotatable bonds is 1. The Morgan fingerprint density at radius 2 is 1.62 bits per heavy atom. The smallest absolute Gasteiger partial charge is 0.0345 e. The molecule has 0 aromatic heterocycles. The molecule has 2 fully saturated rings. The minimum atomic E-state index is 0.889.